The van der Waals surface area contributed by atoms with Gasteiger partial charge in [-0.05, 0) is 6.42 Å². The highest BCUT2D eigenvalue weighted by molar-refractivity contribution is 5.47. The fraction of sp³-hybridized carbons (Fsp3) is 0.875. The predicted molar refractivity (Wildman–Crippen MR) is 45.8 cm³/mol. The van der Waals surface area contributed by atoms with Crippen molar-refractivity contribution in [3.8, 4) is 0 Å². The molecule has 0 aliphatic carbocycles. The van der Waals surface area contributed by atoms with E-state index in [1.54, 1.807) is 4.90 Å². The lowest BCUT2D eigenvalue weighted by Gasteiger charge is -2.32. The highest BCUT2D eigenvalue weighted by Crippen LogP contribution is 1.99. The van der Waals surface area contributed by atoms with Crippen molar-refractivity contribution in [2.75, 3.05) is 39.3 Å². The zero-order valence-corrected chi connectivity index (χ0v) is 7.28. The number of carbonyl (C=O) groups excluding carboxylic acids is 1. The van der Waals surface area contributed by atoms with Crippen LogP contribution in [0.5, 0.6) is 0 Å². The maximum atomic E-state index is 10.3. The summed E-state index contributed by atoms with van der Waals surface area (Å²) >= 11 is 0. The monoisotopic (exact) mass is 172 g/mol. The van der Waals surface area contributed by atoms with E-state index in [2.05, 4.69) is 4.90 Å². The van der Waals surface area contributed by atoms with Crippen LogP contribution in [-0.2, 0) is 4.79 Å². The van der Waals surface area contributed by atoms with Crippen molar-refractivity contribution in [3.05, 3.63) is 0 Å². The Balaban J connectivity index is 2.12. The molecule has 0 atom stereocenters. The van der Waals surface area contributed by atoms with Gasteiger partial charge in [-0.1, -0.05) is 0 Å². The van der Waals surface area contributed by atoms with Crippen molar-refractivity contribution in [2.45, 2.75) is 6.42 Å². The molecule has 0 aromatic heterocycles. The Labute approximate surface area is 72.8 Å². The van der Waals surface area contributed by atoms with Crippen molar-refractivity contribution >= 4 is 6.41 Å². The van der Waals surface area contributed by atoms with E-state index in [-0.39, 0.29) is 6.61 Å². The van der Waals surface area contributed by atoms with Crippen molar-refractivity contribution in [1.29, 1.82) is 0 Å². The van der Waals surface area contributed by atoms with Gasteiger partial charge in [0, 0.05) is 39.3 Å². The van der Waals surface area contributed by atoms with Crippen LogP contribution in [0.1, 0.15) is 6.42 Å². The second-order valence-electron chi connectivity index (χ2n) is 3.06. The van der Waals surface area contributed by atoms with Crippen LogP contribution in [0.25, 0.3) is 0 Å². The Kier molecular flexibility index (Phi) is 4.04. The van der Waals surface area contributed by atoms with Crippen LogP contribution in [0.4, 0.5) is 0 Å². The van der Waals surface area contributed by atoms with E-state index >= 15 is 0 Å². The van der Waals surface area contributed by atoms with Crippen molar-refractivity contribution in [1.82, 2.24) is 9.80 Å². The molecule has 0 spiro atoms. The first-order chi connectivity index (χ1) is 5.86. The molecule has 1 aliphatic heterocycles. The maximum Gasteiger partial charge on any atom is 0.209 e. The molecule has 1 N–H and O–H groups in total. The summed E-state index contributed by atoms with van der Waals surface area (Å²) in [6, 6.07) is 0. The molecule has 1 heterocycles. The van der Waals surface area contributed by atoms with Gasteiger partial charge in [-0.3, -0.25) is 9.69 Å². The number of aliphatic hydroxyl groups excluding tert-OH is 1. The summed E-state index contributed by atoms with van der Waals surface area (Å²) in [5, 5.41) is 8.60. The molecule has 1 saturated heterocycles. The molecule has 0 radical (unpaired) electrons. The standard InChI is InChI=1S/C8H16N2O2/c11-7-1-2-9-3-5-10(8-12)6-4-9/h8,11H,1-7H2. The van der Waals surface area contributed by atoms with E-state index in [1.807, 2.05) is 0 Å². The third-order valence-electron chi connectivity index (χ3n) is 2.19. The fourth-order valence-corrected chi connectivity index (χ4v) is 1.39. The number of piperazine rings is 1. The molecular formula is C8H16N2O2. The van der Waals surface area contributed by atoms with Crippen LogP contribution in [0.15, 0.2) is 0 Å². The minimum absolute atomic E-state index is 0.258. The van der Waals surface area contributed by atoms with Gasteiger partial charge in [0.25, 0.3) is 0 Å². The minimum Gasteiger partial charge on any atom is -0.396 e. The van der Waals surface area contributed by atoms with Crippen LogP contribution in [0, 0.1) is 0 Å². The maximum absolute atomic E-state index is 10.3. The Morgan fingerprint density at radius 3 is 2.42 bits per heavy atom. The molecule has 12 heavy (non-hydrogen) atoms. The molecule has 1 fully saturated rings. The van der Waals surface area contributed by atoms with Gasteiger partial charge in [0.05, 0.1) is 0 Å². The molecular weight excluding hydrogens is 156 g/mol. The molecule has 0 unspecified atom stereocenters. The zero-order chi connectivity index (χ0) is 8.81. The molecule has 4 nitrogen and oxygen atoms in total. The molecule has 0 aromatic carbocycles. The van der Waals surface area contributed by atoms with E-state index in [1.165, 1.54) is 0 Å². The number of rotatable bonds is 4. The van der Waals surface area contributed by atoms with Crippen LogP contribution >= 0.6 is 0 Å². The summed E-state index contributed by atoms with van der Waals surface area (Å²) in [7, 11) is 0. The SMILES string of the molecule is O=CN1CCN(CCCO)CC1. The topological polar surface area (TPSA) is 43.8 Å². The highest BCUT2D eigenvalue weighted by atomic mass is 16.3. The summed E-state index contributed by atoms with van der Waals surface area (Å²) < 4.78 is 0. The molecule has 1 aliphatic rings. The zero-order valence-electron chi connectivity index (χ0n) is 7.28. The largest absolute Gasteiger partial charge is 0.396 e. The number of amides is 1. The third-order valence-corrected chi connectivity index (χ3v) is 2.19. The number of nitrogens with zero attached hydrogens (tertiary/aromatic N) is 2. The van der Waals surface area contributed by atoms with Crippen LogP contribution in [0.2, 0.25) is 0 Å². The van der Waals surface area contributed by atoms with Crippen LogP contribution in [-0.4, -0.2) is 60.6 Å². The lowest BCUT2D eigenvalue weighted by Crippen LogP contribution is -2.45. The quantitative estimate of drug-likeness (QED) is 0.561. The number of carbonyl (C=O) groups is 1. The van der Waals surface area contributed by atoms with E-state index < -0.39 is 0 Å². The van der Waals surface area contributed by atoms with Crippen molar-refractivity contribution in [3.63, 3.8) is 0 Å². The van der Waals surface area contributed by atoms with Gasteiger partial charge >= 0.3 is 0 Å². The molecule has 1 rings (SSSR count). The Morgan fingerprint density at radius 1 is 1.25 bits per heavy atom. The number of aliphatic hydroxyl groups is 1. The summed E-state index contributed by atoms with van der Waals surface area (Å²) in [5.41, 5.74) is 0. The average Bonchev–Trinajstić information content (AvgIpc) is 2.15. The Morgan fingerprint density at radius 2 is 1.92 bits per heavy atom. The molecule has 0 bridgehead atoms. The van der Waals surface area contributed by atoms with E-state index in [0.29, 0.717) is 0 Å². The van der Waals surface area contributed by atoms with Gasteiger partial charge in [-0.15, -0.1) is 0 Å². The fourth-order valence-electron chi connectivity index (χ4n) is 1.39. The average molecular weight is 172 g/mol. The first kappa shape index (κ1) is 9.48. The van der Waals surface area contributed by atoms with Gasteiger partial charge < -0.3 is 10.0 Å². The Bertz CT molecular complexity index is 133. The molecule has 1 amide bonds. The van der Waals surface area contributed by atoms with Crippen LogP contribution < -0.4 is 0 Å². The Hall–Kier alpha value is -0.610. The van der Waals surface area contributed by atoms with E-state index in [4.69, 9.17) is 5.11 Å². The molecule has 70 valence electrons. The smallest absolute Gasteiger partial charge is 0.209 e. The second kappa shape index (κ2) is 5.11. The van der Waals surface area contributed by atoms with Gasteiger partial charge in [0.2, 0.25) is 6.41 Å². The molecule has 0 saturated carbocycles. The van der Waals surface area contributed by atoms with Gasteiger partial charge in [0.15, 0.2) is 0 Å². The number of hydrogen-bond donors (Lipinski definition) is 1. The number of hydrogen-bond acceptors (Lipinski definition) is 3. The predicted octanol–water partition coefficient (Wildman–Crippen LogP) is -0.857. The summed E-state index contributed by atoms with van der Waals surface area (Å²) in [6.07, 6.45) is 1.74. The van der Waals surface area contributed by atoms with Gasteiger partial charge in [-0.25, -0.2) is 0 Å². The van der Waals surface area contributed by atoms with Crippen molar-refractivity contribution in [2.24, 2.45) is 0 Å². The van der Waals surface area contributed by atoms with Gasteiger partial charge in [0.1, 0.15) is 0 Å². The lowest BCUT2D eigenvalue weighted by molar-refractivity contribution is -0.119. The highest BCUT2D eigenvalue weighted by Gasteiger charge is 2.13. The summed E-state index contributed by atoms with van der Waals surface area (Å²) in [4.78, 5) is 14.4. The van der Waals surface area contributed by atoms with Crippen molar-refractivity contribution < 1.29 is 9.90 Å². The first-order valence-electron chi connectivity index (χ1n) is 4.39. The summed E-state index contributed by atoms with van der Waals surface area (Å²) in [5.74, 6) is 0. The molecule has 0 aromatic rings. The second-order valence-corrected chi connectivity index (χ2v) is 3.06. The third kappa shape index (κ3) is 2.79. The first-order valence-corrected chi connectivity index (χ1v) is 4.39. The van der Waals surface area contributed by atoms with Gasteiger partial charge in [-0.2, -0.15) is 0 Å². The lowest BCUT2D eigenvalue weighted by atomic mass is 10.3. The van der Waals surface area contributed by atoms with E-state index in [0.717, 1.165) is 45.6 Å². The normalized spacial score (nSPS) is 19.6. The van der Waals surface area contributed by atoms with E-state index in [9.17, 15) is 4.79 Å². The van der Waals surface area contributed by atoms with Crippen LogP contribution in [0.3, 0.4) is 0 Å². The summed E-state index contributed by atoms with van der Waals surface area (Å²) in [6.45, 7) is 4.75. The minimum atomic E-state index is 0.258. The molecule has 4 heteroatoms.